The van der Waals surface area contributed by atoms with Crippen molar-refractivity contribution in [3.63, 3.8) is 0 Å². The fourth-order valence-corrected chi connectivity index (χ4v) is 2.91. The van der Waals surface area contributed by atoms with Crippen LogP contribution in [0.2, 0.25) is 0 Å². The van der Waals surface area contributed by atoms with E-state index in [-0.39, 0.29) is 23.7 Å². The lowest BCUT2D eigenvalue weighted by Crippen LogP contribution is -2.27. The molecular formula is C15H16N2O5S. The minimum absolute atomic E-state index is 0.0812. The van der Waals surface area contributed by atoms with Crippen molar-refractivity contribution in [3.05, 3.63) is 70.3 Å². The molecular weight excluding hydrogens is 320 g/mol. The fraction of sp³-hybridized carbons (Fsp3) is 0.200. The summed E-state index contributed by atoms with van der Waals surface area (Å²) in [6.45, 7) is 0.667. The van der Waals surface area contributed by atoms with E-state index in [4.69, 9.17) is 4.74 Å². The number of rotatable bonds is 8. The molecule has 8 heteroatoms. The van der Waals surface area contributed by atoms with Crippen molar-refractivity contribution in [2.75, 3.05) is 13.2 Å². The van der Waals surface area contributed by atoms with Crippen LogP contribution < -0.4 is 4.72 Å². The SMILES string of the molecule is O=[N+]([O-])c1cccc(S(=O)(=O)NCCOCc2ccccc2)c1. The standard InChI is InChI=1S/C15H16N2O5S/c18-17(19)14-7-4-8-15(11-14)23(20,21)16-9-10-22-12-13-5-2-1-3-6-13/h1-8,11,16H,9-10,12H2. The van der Waals surface area contributed by atoms with E-state index in [1.807, 2.05) is 30.3 Å². The molecule has 23 heavy (non-hydrogen) atoms. The van der Waals surface area contributed by atoms with Crippen LogP contribution in [0, 0.1) is 10.1 Å². The summed E-state index contributed by atoms with van der Waals surface area (Å²) >= 11 is 0. The molecule has 0 aliphatic carbocycles. The Morgan fingerprint density at radius 3 is 2.52 bits per heavy atom. The van der Waals surface area contributed by atoms with Gasteiger partial charge in [0.25, 0.3) is 5.69 Å². The zero-order valence-electron chi connectivity index (χ0n) is 12.2. The van der Waals surface area contributed by atoms with Crippen LogP contribution in [0.15, 0.2) is 59.5 Å². The maximum Gasteiger partial charge on any atom is 0.270 e. The molecule has 2 rings (SSSR count). The lowest BCUT2D eigenvalue weighted by atomic mass is 10.2. The predicted octanol–water partition coefficient (Wildman–Crippen LogP) is 2.09. The number of benzene rings is 2. The number of hydrogen-bond donors (Lipinski definition) is 1. The first-order valence-electron chi connectivity index (χ1n) is 6.85. The van der Waals surface area contributed by atoms with Gasteiger partial charge in [-0.05, 0) is 11.6 Å². The third-order valence-electron chi connectivity index (χ3n) is 2.99. The molecule has 0 heterocycles. The molecule has 0 aliphatic rings. The molecule has 0 radical (unpaired) electrons. The zero-order chi connectivity index (χ0) is 16.7. The molecule has 0 saturated carbocycles. The van der Waals surface area contributed by atoms with Gasteiger partial charge in [-0.1, -0.05) is 36.4 Å². The fourth-order valence-electron chi connectivity index (χ4n) is 1.86. The van der Waals surface area contributed by atoms with Crippen LogP contribution in [-0.2, 0) is 21.4 Å². The van der Waals surface area contributed by atoms with Crippen molar-refractivity contribution in [2.24, 2.45) is 0 Å². The third-order valence-corrected chi connectivity index (χ3v) is 4.45. The zero-order valence-corrected chi connectivity index (χ0v) is 13.0. The second kappa shape index (κ2) is 7.82. The Bertz CT molecular complexity index is 762. The Kier molecular flexibility index (Phi) is 5.80. The minimum atomic E-state index is -3.80. The van der Waals surface area contributed by atoms with Gasteiger partial charge in [-0.15, -0.1) is 0 Å². The van der Waals surface area contributed by atoms with Gasteiger partial charge in [-0.25, -0.2) is 13.1 Å². The third kappa shape index (κ3) is 5.13. The van der Waals surface area contributed by atoms with E-state index in [9.17, 15) is 18.5 Å². The van der Waals surface area contributed by atoms with E-state index < -0.39 is 14.9 Å². The van der Waals surface area contributed by atoms with Crippen LogP contribution in [0.4, 0.5) is 5.69 Å². The summed E-state index contributed by atoms with van der Waals surface area (Å²) in [5, 5.41) is 10.7. The van der Waals surface area contributed by atoms with Crippen molar-refractivity contribution >= 4 is 15.7 Å². The number of nitro benzene ring substituents is 1. The lowest BCUT2D eigenvalue weighted by Gasteiger charge is -2.07. The monoisotopic (exact) mass is 336 g/mol. The van der Waals surface area contributed by atoms with Gasteiger partial charge in [0, 0.05) is 18.7 Å². The predicted molar refractivity (Wildman–Crippen MR) is 84.4 cm³/mol. The van der Waals surface area contributed by atoms with E-state index in [1.165, 1.54) is 18.2 Å². The highest BCUT2D eigenvalue weighted by Gasteiger charge is 2.16. The van der Waals surface area contributed by atoms with Crippen LogP contribution in [0.25, 0.3) is 0 Å². The maximum absolute atomic E-state index is 12.1. The van der Waals surface area contributed by atoms with Gasteiger partial charge in [0.15, 0.2) is 0 Å². The Hall–Kier alpha value is -2.29. The molecule has 2 aromatic rings. The quantitative estimate of drug-likeness (QED) is 0.452. The first kappa shape index (κ1) is 17.1. The number of hydrogen-bond acceptors (Lipinski definition) is 5. The van der Waals surface area contributed by atoms with E-state index in [1.54, 1.807) is 0 Å². The molecule has 0 spiro atoms. The van der Waals surface area contributed by atoms with Crippen LogP contribution >= 0.6 is 0 Å². The van der Waals surface area contributed by atoms with Crippen LogP contribution in [-0.4, -0.2) is 26.5 Å². The van der Waals surface area contributed by atoms with E-state index in [2.05, 4.69) is 4.72 Å². The normalized spacial score (nSPS) is 11.3. The average Bonchev–Trinajstić information content (AvgIpc) is 2.55. The van der Waals surface area contributed by atoms with Gasteiger partial charge in [-0.2, -0.15) is 0 Å². The second-order valence-corrected chi connectivity index (χ2v) is 6.46. The van der Waals surface area contributed by atoms with E-state index in [0.717, 1.165) is 11.6 Å². The second-order valence-electron chi connectivity index (χ2n) is 4.69. The van der Waals surface area contributed by atoms with Crippen LogP contribution in [0.5, 0.6) is 0 Å². The summed E-state index contributed by atoms with van der Waals surface area (Å²) in [6, 6.07) is 14.4. The summed E-state index contributed by atoms with van der Waals surface area (Å²) in [5.74, 6) is 0. The molecule has 0 aliphatic heterocycles. The van der Waals surface area contributed by atoms with Crippen molar-refractivity contribution < 1.29 is 18.1 Å². The van der Waals surface area contributed by atoms with E-state index in [0.29, 0.717) is 6.61 Å². The minimum Gasteiger partial charge on any atom is -0.375 e. The molecule has 0 fully saturated rings. The molecule has 0 atom stereocenters. The highest BCUT2D eigenvalue weighted by atomic mass is 32.2. The largest absolute Gasteiger partial charge is 0.375 e. The summed E-state index contributed by atoms with van der Waals surface area (Å²) in [5.41, 5.74) is 0.724. The molecule has 2 aromatic carbocycles. The van der Waals surface area contributed by atoms with Gasteiger partial charge in [0.2, 0.25) is 10.0 Å². The lowest BCUT2D eigenvalue weighted by molar-refractivity contribution is -0.385. The highest BCUT2D eigenvalue weighted by molar-refractivity contribution is 7.89. The number of nitrogens with zero attached hydrogens (tertiary/aromatic N) is 1. The molecule has 0 saturated heterocycles. The van der Waals surface area contributed by atoms with Gasteiger partial charge < -0.3 is 4.74 Å². The van der Waals surface area contributed by atoms with Crippen molar-refractivity contribution in [1.29, 1.82) is 0 Å². The summed E-state index contributed by atoms with van der Waals surface area (Å²) in [7, 11) is -3.80. The Labute approximate surface area is 134 Å². The van der Waals surface area contributed by atoms with E-state index >= 15 is 0 Å². The first-order valence-corrected chi connectivity index (χ1v) is 8.33. The average molecular weight is 336 g/mol. The summed E-state index contributed by atoms with van der Waals surface area (Å²) in [6.07, 6.45) is 0. The molecule has 0 amide bonds. The number of sulfonamides is 1. The number of non-ortho nitro benzene ring substituents is 1. The van der Waals surface area contributed by atoms with Crippen molar-refractivity contribution in [1.82, 2.24) is 4.72 Å². The topological polar surface area (TPSA) is 98.5 Å². The van der Waals surface area contributed by atoms with Gasteiger partial charge in [-0.3, -0.25) is 10.1 Å². The number of nitro groups is 1. The maximum atomic E-state index is 12.1. The van der Waals surface area contributed by atoms with Crippen molar-refractivity contribution in [2.45, 2.75) is 11.5 Å². The van der Waals surface area contributed by atoms with Crippen LogP contribution in [0.1, 0.15) is 5.56 Å². The molecule has 0 unspecified atom stereocenters. The molecule has 7 nitrogen and oxygen atoms in total. The Morgan fingerprint density at radius 2 is 1.83 bits per heavy atom. The molecule has 122 valence electrons. The Balaban J connectivity index is 1.84. The first-order chi connectivity index (χ1) is 11.0. The summed E-state index contributed by atoms with van der Waals surface area (Å²) < 4.78 is 31.8. The van der Waals surface area contributed by atoms with Gasteiger partial charge >= 0.3 is 0 Å². The van der Waals surface area contributed by atoms with Gasteiger partial charge in [0.1, 0.15) is 0 Å². The number of nitrogens with one attached hydrogen (secondary N) is 1. The Morgan fingerprint density at radius 1 is 1.09 bits per heavy atom. The summed E-state index contributed by atoms with van der Waals surface area (Å²) in [4.78, 5) is 9.90. The highest BCUT2D eigenvalue weighted by Crippen LogP contribution is 2.16. The van der Waals surface area contributed by atoms with Crippen LogP contribution in [0.3, 0.4) is 0 Å². The van der Waals surface area contributed by atoms with Gasteiger partial charge in [0.05, 0.1) is 23.0 Å². The molecule has 0 aromatic heterocycles. The molecule has 1 N–H and O–H groups in total. The smallest absolute Gasteiger partial charge is 0.270 e. The molecule has 0 bridgehead atoms. The number of ether oxygens (including phenoxy) is 1. The van der Waals surface area contributed by atoms with Crippen molar-refractivity contribution in [3.8, 4) is 0 Å².